The van der Waals surface area contributed by atoms with E-state index in [2.05, 4.69) is 4.90 Å². The van der Waals surface area contributed by atoms with Crippen LogP contribution in [0, 0.1) is 5.92 Å². The van der Waals surface area contributed by atoms with Crippen molar-refractivity contribution in [1.29, 1.82) is 0 Å². The molecular formula is C22H32N2O4. The highest BCUT2D eigenvalue weighted by Gasteiger charge is 2.36. The van der Waals surface area contributed by atoms with Gasteiger partial charge in [0.1, 0.15) is 5.60 Å². The van der Waals surface area contributed by atoms with Crippen molar-refractivity contribution in [2.45, 2.75) is 58.1 Å². The standard InChI is InChI=1S/C22H32N2O4/c1-22(2,3)28-21(27)9-6-16-4-7-18(8-5-16)24-11-10-23(14-20(24)26)19-12-17(13-19)15-25/h4-5,7-8,17,19,25H,6,9-15H2,1-3H3. The number of anilines is 1. The summed E-state index contributed by atoms with van der Waals surface area (Å²) >= 11 is 0. The summed E-state index contributed by atoms with van der Waals surface area (Å²) in [5.74, 6) is 0.342. The van der Waals surface area contributed by atoms with Crippen LogP contribution in [0.5, 0.6) is 0 Å². The number of nitrogens with zero attached hydrogens (tertiary/aromatic N) is 2. The van der Waals surface area contributed by atoms with Crippen molar-refractivity contribution >= 4 is 17.6 Å². The fourth-order valence-corrected chi connectivity index (χ4v) is 3.91. The molecule has 1 aromatic carbocycles. The van der Waals surface area contributed by atoms with Crippen molar-refractivity contribution in [3.8, 4) is 0 Å². The lowest BCUT2D eigenvalue weighted by Gasteiger charge is -2.45. The molecule has 1 heterocycles. The van der Waals surface area contributed by atoms with E-state index in [4.69, 9.17) is 9.84 Å². The van der Waals surface area contributed by atoms with Crippen molar-refractivity contribution in [3.05, 3.63) is 29.8 Å². The van der Waals surface area contributed by atoms with Crippen LogP contribution in [0.15, 0.2) is 24.3 Å². The van der Waals surface area contributed by atoms with E-state index in [1.807, 2.05) is 49.9 Å². The summed E-state index contributed by atoms with van der Waals surface area (Å²) in [6, 6.07) is 8.33. The lowest BCUT2D eigenvalue weighted by atomic mass is 9.79. The normalized spacial score (nSPS) is 23.4. The molecule has 1 saturated carbocycles. The van der Waals surface area contributed by atoms with Gasteiger partial charge in [-0.1, -0.05) is 12.1 Å². The van der Waals surface area contributed by atoms with Gasteiger partial charge >= 0.3 is 5.97 Å². The second kappa shape index (κ2) is 8.62. The smallest absolute Gasteiger partial charge is 0.306 e. The fourth-order valence-electron chi connectivity index (χ4n) is 3.91. The number of aliphatic hydroxyl groups excluding tert-OH is 1. The number of rotatable bonds is 6. The van der Waals surface area contributed by atoms with Crippen LogP contribution in [0.4, 0.5) is 5.69 Å². The number of carbonyl (C=O) groups excluding carboxylic acids is 2. The van der Waals surface area contributed by atoms with Crippen LogP contribution in [0.2, 0.25) is 0 Å². The van der Waals surface area contributed by atoms with Crippen LogP contribution in [-0.4, -0.2) is 59.8 Å². The fraction of sp³-hybridized carbons (Fsp3) is 0.636. The molecule has 3 rings (SSSR count). The molecule has 6 nitrogen and oxygen atoms in total. The Morgan fingerprint density at radius 3 is 2.43 bits per heavy atom. The van der Waals surface area contributed by atoms with Gasteiger partial charge in [0.05, 0.1) is 6.54 Å². The number of benzene rings is 1. The second-order valence-electron chi connectivity index (χ2n) is 8.94. The third-order valence-electron chi connectivity index (χ3n) is 5.52. The van der Waals surface area contributed by atoms with Crippen LogP contribution >= 0.6 is 0 Å². The molecule has 0 spiro atoms. The molecule has 0 aromatic heterocycles. The van der Waals surface area contributed by atoms with Gasteiger partial charge in [0, 0.05) is 37.8 Å². The quantitative estimate of drug-likeness (QED) is 0.758. The van der Waals surface area contributed by atoms with Crippen LogP contribution < -0.4 is 4.90 Å². The zero-order valence-corrected chi connectivity index (χ0v) is 17.2. The third kappa shape index (κ3) is 5.32. The molecule has 28 heavy (non-hydrogen) atoms. The summed E-state index contributed by atoms with van der Waals surface area (Å²) in [6.07, 6.45) is 2.97. The molecule has 0 atom stereocenters. The summed E-state index contributed by atoms with van der Waals surface area (Å²) in [4.78, 5) is 28.6. The van der Waals surface area contributed by atoms with Gasteiger partial charge in [0.15, 0.2) is 0 Å². The van der Waals surface area contributed by atoms with E-state index in [0.717, 1.165) is 30.6 Å². The second-order valence-corrected chi connectivity index (χ2v) is 8.94. The van der Waals surface area contributed by atoms with Crippen molar-refractivity contribution in [3.63, 3.8) is 0 Å². The van der Waals surface area contributed by atoms with E-state index in [9.17, 15) is 9.59 Å². The predicted molar refractivity (Wildman–Crippen MR) is 108 cm³/mol. The average molecular weight is 389 g/mol. The molecule has 0 radical (unpaired) electrons. The molecule has 2 fully saturated rings. The van der Waals surface area contributed by atoms with Crippen LogP contribution in [0.1, 0.15) is 45.6 Å². The largest absolute Gasteiger partial charge is 0.460 e. The van der Waals surface area contributed by atoms with Gasteiger partial charge in [-0.3, -0.25) is 14.5 Å². The molecule has 1 saturated heterocycles. The number of hydrogen-bond donors (Lipinski definition) is 1. The van der Waals surface area contributed by atoms with Gasteiger partial charge < -0.3 is 14.7 Å². The van der Waals surface area contributed by atoms with Gasteiger partial charge in [0.25, 0.3) is 0 Å². The Kier molecular flexibility index (Phi) is 6.40. The van der Waals surface area contributed by atoms with E-state index in [1.54, 1.807) is 0 Å². The Bertz CT molecular complexity index is 689. The molecule has 0 bridgehead atoms. The Morgan fingerprint density at radius 2 is 1.86 bits per heavy atom. The highest BCUT2D eigenvalue weighted by molar-refractivity contribution is 5.95. The maximum Gasteiger partial charge on any atom is 0.306 e. The molecule has 1 aliphatic carbocycles. The zero-order chi connectivity index (χ0) is 20.3. The molecule has 1 N–H and O–H groups in total. The molecular weight excluding hydrogens is 356 g/mol. The predicted octanol–water partition coefficient (Wildman–Crippen LogP) is 2.38. The number of esters is 1. The SMILES string of the molecule is CC(C)(C)OC(=O)CCc1ccc(N2CCN(C3CC(CO)C3)CC2=O)cc1. The molecule has 2 aliphatic rings. The van der Waals surface area contributed by atoms with Gasteiger partial charge in [-0.15, -0.1) is 0 Å². The van der Waals surface area contributed by atoms with E-state index in [1.165, 1.54) is 0 Å². The van der Waals surface area contributed by atoms with E-state index >= 15 is 0 Å². The zero-order valence-electron chi connectivity index (χ0n) is 17.2. The van der Waals surface area contributed by atoms with Gasteiger partial charge in [0.2, 0.25) is 5.91 Å². The topological polar surface area (TPSA) is 70.1 Å². The van der Waals surface area contributed by atoms with Gasteiger partial charge in [-0.05, 0) is 63.6 Å². The summed E-state index contributed by atoms with van der Waals surface area (Å²) < 4.78 is 5.34. The molecule has 6 heteroatoms. The third-order valence-corrected chi connectivity index (χ3v) is 5.52. The first-order valence-corrected chi connectivity index (χ1v) is 10.2. The number of amides is 1. The number of hydrogen-bond acceptors (Lipinski definition) is 5. The minimum Gasteiger partial charge on any atom is -0.460 e. The minimum atomic E-state index is -0.456. The Balaban J connectivity index is 1.49. The lowest BCUT2D eigenvalue weighted by molar-refractivity contribution is -0.154. The van der Waals surface area contributed by atoms with Crippen LogP contribution in [0.3, 0.4) is 0 Å². The highest BCUT2D eigenvalue weighted by atomic mass is 16.6. The first kappa shape index (κ1) is 20.8. The number of ether oxygens (including phenoxy) is 1. The number of carbonyl (C=O) groups is 2. The van der Waals surface area contributed by atoms with E-state index in [-0.39, 0.29) is 18.5 Å². The maximum absolute atomic E-state index is 12.6. The van der Waals surface area contributed by atoms with E-state index < -0.39 is 5.60 Å². The minimum absolute atomic E-state index is 0.125. The summed E-state index contributed by atoms with van der Waals surface area (Å²) in [6.45, 7) is 7.87. The first-order valence-electron chi connectivity index (χ1n) is 10.2. The number of aliphatic hydroxyl groups is 1. The average Bonchev–Trinajstić information content (AvgIpc) is 2.58. The monoisotopic (exact) mass is 388 g/mol. The first-order chi connectivity index (χ1) is 13.2. The van der Waals surface area contributed by atoms with Gasteiger partial charge in [-0.25, -0.2) is 0 Å². The molecule has 154 valence electrons. The van der Waals surface area contributed by atoms with E-state index in [0.29, 0.717) is 37.9 Å². The maximum atomic E-state index is 12.6. The number of piperazine rings is 1. The molecule has 1 amide bonds. The summed E-state index contributed by atoms with van der Waals surface area (Å²) in [7, 11) is 0. The number of aryl methyl sites for hydroxylation is 1. The summed E-state index contributed by atoms with van der Waals surface area (Å²) in [5.41, 5.74) is 1.51. The van der Waals surface area contributed by atoms with Crippen molar-refractivity contribution in [2.24, 2.45) is 5.92 Å². The Morgan fingerprint density at radius 1 is 1.18 bits per heavy atom. The van der Waals surface area contributed by atoms with Crippen molar-refractivity contribution in [2.75, 3.05) is 31.1 Å². The van der Waals surface area contributed by atoms with Crippen LogP contribution in [-0.2, 0) is 20.7 Å². The Labute approximate surface area is 167 Å². The molecule has 0 unspecified atom stereocenters. The molecule has 1 aromatic rings. The van der Waals surface area contributed by atoms with Crippen LogP contribution in [0.25, 0.3) is 0 Å². The van der Waals surface area contributed by atoms with Gasteiger partial charge in [-0.2, -0.15) is 0 Å². The Hall–Kier alpha value is -1.92. The van der Waals surface area contributed by atoms with Crippen molar-refractivity contribution < 1.29 is 19.4 Å². The lowest BCUT2D eigenvalue weighted by Crippen LogP contribution is -2.57. The highest BCUT2D eigenvalue weighted by Crippen LogP contribution is 2.32. The summed E-state index contributed by atoms with van der Waals surface area (Å²) in [5, 5.41) is 9.17. The molecule has 1 aliphatic heterocycles. The van der Waals surface area contributed by atoms with Crippen molar-refractivity contribution in [1.82, 2.24) is 4.90 Å².